The first-order chi connectivity index (χ1) is 6.74. The van der Waals surface area contributed by atoms with Crippen LogP contribution in [0.25, 0.3) is 0 Å². The summed E-state index contributed by atoms with van der Waals surface area (Å²) >= 11 is 0. The molecule has 0 aliphatic carbocycles. The second-order valence-electron chi connectivity index (χ2n) is 2.55. The molecule has 1 rings (SSSR count). The molecule has 0 saturated heterocycles. The number of benzene rings is 1. The lowest BCUT2D eigenvalue weighted by atomic mass is 10.3. The number of para-hydroxylation sites is 1. The molecule has 1 aromatic rings. The van der Waals surface area contributed by atoms with Gasteiger partial charge >= 0.3 is 0 Å². The Morgan fingerprint density at radius 2 is 2.21 bits per heavy atom. The van der Waals surface area contributed by atoms with E-state index in [-0.39, 0.29) is 18.1 Å². The number of hydrogen-bond acceptors (Lipinski definition) is 3. The van der Waals surface area contributed by atoms with Crippen molar-refractivity contribution in [1.29, 1.82) is 0 Å². The highest BCUT2D eigenvalue weighted by atomic mass is 19.1. The summed E-state index contributed by atoms with van der Waals surface area (Å²) in [6.45, 7) is -0.0230. The van der Waals surface area contributed by atoms with E-state index < -0.39 is 5.82 Å². The van der Waals surface area contributed by atoms with Crippen LogP contribution in [0.2, 0.25) is 0 Å². The van der Waals surface area contributed by atoms with E-state index in [1.54, 1.807) is 12.1 Å². The molecule has 1 amide bonds. The van der Waals surface area contributed by atoms with Gasteiger partial charge in [-0.1, -0.05) is 12.1 Å². The third-order valence-corrected chi connectivity index (χ3v) is 1.53. The van der Waals surface area contributed by atoms with E-state index in [9.17, 15) is 9.18 Å². The molecule has 1 aromatic carbocycles. The van der Waals surface area contributed by atoms with E-state index in [0.717, 1.165) is 0 Å². The SMILES string of the molecule is CONCC(=O)Nc1ccccc1F. The lowest BCUT2D eigenvalue weighted by molar-refractivity contribution is -0.117. The lowest BCUT2D eigenvalue weighted by Crippen LogP contribution is -2.27. The predicted molar refractivity (Wildman–Crippen MR) is 50.0 cm³/mol. The smallest absolute Gasteiger partial charge is 0.240 e. The fraction of sp³-hybridized carbons (Fsp3) is 0.222. The van der Waals surface area contributed by atoms with Gasteiger partial charge in [0.25, 0.3) is 0 Å². The number of rotatable bonds is 4. The van der Waals surface area contributed by atoms with Gasteiger partial charge in [0, 0.05) is 0 Å². The summed E-state index contributed by atoms with van der Waals surface area (Å²) in [6.07, 6.45) is 0. The molecule has 0 unspecified atom stereocenters. The summed E-state index contributed by atoms with van der Waals surface area (Å²) in [5.41, 5.74) is 2.52. The van der Waals surface area contributed by atoms with Gasteiger partial charge in [-0.2, -0.15) is 5.48 Å². The van der Waals surface area contributed by atoms with Crippen molar-refractivity contribution in [2.24, 2.45) is 0 Å². The first kappa shape index (κ1) is 10.6. The van der Waals surface area contributed by atoms with Crippen molar-refractivity contribution in [3.05, 3.63) is 30.1 Å². The Labute approximate surface area is 81.0 Å². The van der Waals surface area contributed by atoms with Gasteiger partial charge in [0.1, 0.15) is 12.4 Å². The third-order valence-electron chi connectivity index (χ3n) is 1.53. The van der Waals surface area contributed by atoms with E-state index in [0.29, 0.717) is 0 Å². The van der Waals surface area contributed by atoms with Crippen LogP contribution in [-0.4, -0.2) is 19.6 Å². The summed E-state index contributed by atoms with van der Waals surface area (Å²) in [6, 6.07) is 5.96. The molecule has 0 bridgehead atoms. The Hall–Kier alpha value is -1.46. The number of halogens is 1. The van der Waals surface area contributed by atoms with Gasteiger partial charge in [-0.3, -0.25) is 4.79 Å². The highest BCUT2D eigenvalue weighted by Crippen LogP contribution is 2.11. The van der Waals surface area contributed by atoms with Gasteiger partial charge in [-0.25, -0.2) is 4.39 Å². The van der Waals surface area contributed by atoms with Gasteiger partial charge in [-0.15, -0.1) is 0 Å². The zero-order chi connectivity index (χ0) is 10.4. The zero-order valence-corrected chi connectivity index (χ0v) is 7.71. The summed E-state index contributed by atoms with van der Waals surface area (Å²) in [4.78, 5) is 15.6. The lowest BCUT2D eigenvalue weighted by Gasteiger charge is -2.05. The molecule has 2 N–H and O–H groups in total. The Morgan fingerprint density at radius 3 is 2.86 bits per heavy atom. The zero-order valence-electron chi connectivity index (χ0n) is 7.71. The van der Waals surface area contributed by atoms with Crippen LogP contribution in [0.1, 0.15) is 0 Å². The molecule has 0 atom stereocenters. The molecular weight excluding hydrogens is 187 g/mol. The Morgan fingerprint density at radius 1 is 1.50 bits per heavy atom. The molecule has 76 valence electrons. The second-order valence-corrected chi connectivity index (χ2v) is 2.55. The van der Waals surface area contributed by atoms with Crippen LogP contribution in [0.5, 0.6) is 0 Å². The number of carbonyl (C=O) groups is 1. The molecule has 5 heteroatoms. The molecule has 0 spiro atoms. The first-order valence-corrected chi connectivity index (χ1v) is 4.04. The number of carbonyl (C=O) groups excluding carboxylic acids is 1. The van der Waals surface area contributed by atoms with Crippen molar-refractivity contribution in [1.82, 2.24) is 5.48 Å². The van der Waals surface area contributed by atoms with E-state index in [1.807, 2.05) is 0 Å². The summed E-state index contributed by atoms with van der Waals surface area (Å²) in [7, 11) is 1.40. The van der Waals surface area contributed by atoms with Gasteiger partial charge in [-0.05, 0) is 12.1 Å². The van der Waals surface area contributed by atoms with Crippen molar-refractivity contribution in [3.8, 4) is 0 Å². The van der Waals surface area contributed by atoms with Crippen molar-refractivity contribution in [2.75, 3.05) is 19.0 Å². The quantitative estimate of drug-likeness (QED) is 0.707. The van der Waals surface area contributed by atoms with Crippen LogP contribution in [-0.2, 0) is 9.63 Å². The van der Waals surface area contributed by atoms with E-state index in [1.165, 1.54) is 19.2 Å². The van der Waals surface area contributed by atoms with Crippen molar-refractivity contribution in [2.45, 2.75) is 0 Å². The molecular formula is C9H11FN2O2. The highest BCUT2D eigenvalue weighted by molar-refractivity contribution is 5.92. The molecule has 0 fully saturated rings. The maximum absolute atomic E-state index is 13.0. The number of hydroxylamine groups is 1. The average molecular weight is 198 g/mol. The molecule has 0 aliphatic heterocycles. The summed E-state index contributed by atoms with van der Waals surface area (Å²) in [5.74, 6) is -0.824. The Kier molecular flexibility index (Phi) is 4.03. The second kappa shape index (κ2) is 5.31. The van der Waals surface area contributed by atoms with E-state index in [2.05, 4.69) is 15.6 Å². The highest BCUT2D eigenvalue weighted by Gasteiger charge is 2.04. The largest absolute Gasteiger partial charge is 0.322 e. The topological polar surface area (TPSA) is 50.4 Å². The molecule has 14 heavy (non-hydrogen) atoms. The fourth-order valence-corrected chi connectivity index (χ4v) is 0.895. The van der Waals surface area contributed by atoms with Crippen LogP contribution in [0, 0.1) is 5.82 Å². The van der Waals surface area contributed by atoms with Gasteiger partial charge < -0.3 is 10.2 Å². The van der Waals surface area contributed by atoms with Crippen LogP contribution < -0.4 is 10.8 Å². The van der Waals surface area contributed by atoms with Gasteiger partial charge in [0.15, 0.2) is 0 Å². The van der Waals surface area contributed by atoms with Crippen molar-refractivity contribution >= 4 is 11.6 Å². The third kappa shape index (κ3) is 3.12. The summed E-state index contributed by atoms with van der Waals surface area (Å²) in [5, 5.41) is 2.39. The molecule has 0 saturated carbocycles. The van der Waals surface area contributed by atoms with E-state index in [4.69, 9.17) is 0 Å². The molecule has 4 nitrogen and oxygen atoms in total. The van der Waals surface area contributed by atoms with Crippen LogP contribution in [0.3, 0.4) is 0 Å². The number of nitrogens with one attached hydrogen (secondary N) is 2. The normalized spacial score (nSPS) is 9.86. The van der Waals surface area contributed by atoms with Gasteiger partial charge in [0.2, 0.25) is 5.91 Å². The van der Waals surface area contributed by atoms with Gasteiger partial charge in [0.05, 0.1) is 12.8 Å². The monoisotopic (exact) mass is 198 g/mol. The molecule has 0 aliphatic rings. The minimum absolute atomic E-state index is 0.0230. The number of amides is 1. The minimum Gasteiger partial charge on any atom is -0.322 e. The summed E-state index contributed by atoms with van der Waals surface area (Å²) < 4.78 is 13.0. The Bertz CT molecular complexity index is 317. The standard InChI is InChI=1S/C9H11FN2O2/c1-14-11-6-9(13)12-8-5-3-2-4-7(8)10/h2-5,11H,6H2,1H3,(H,12,13). The Balaban J connectivity index is 2.52. The molecule has 0 radical (unpaired) electrons. The minimum atomic E-state index is -0.460. The predicted octanol–water partition coefficient (Wildman–Crippen LogP) is 0.915. The van der Waals surface area contributed by atoms with Crippen LogP contribution in [0.4, 0.5) is 10.1 Å². The van der Waals surface area contributed by atoms with Crippen LogP contribution >= 0.6 is 0 Å². The number of anilines is 1. The maximum atomic E-state index is 13.0. The average Bonchev–Trinajstić information content (AvgIpc) is 2.18. The van der Waals surface area contributed by atoms with Crippen molar-refractivity contribution < 1.29 is 14.0 Å². The first-order valence-electron chi connectivity index (χ1n) is 4.04. The molecule has 0 aromatic heterocycles. The fourth-order valence-electron chi connectivity index (χ4n) is 0.895. The van der Waals surface area contributed by atoms with Crippen LogP contribution in [0.15, 0.2) is 24.3 Å². The van der Waals surface area contributed by atoms with Crippen molar-refractivity contribution in [3.63, 3.8) is 0 Å². The van der Waals surface area contributed by atoms with E-state index >= 15 is 0 Å². The molecule has 0 heterocycles. The number of hydrogen-bond donors (Lipinski definition) is 2. The maximum Gasteiger partial charge on any atom is 0.240 e.